The normalized spacial score (nSPS) is 10.9. The molecule has 0 amide bonds. The van der Waals surface area contributed by atoms with Gasteiger partial charge in [0.25, 0.3) is 10.0 Å². The molecule has 108 valence electrons. The van der Waals surface area contributed by atoms with Gasteiger partial charge in [-0.1, -0.05) is 0 Å². The number of halogens is 1. The van der Waals surface area contributed by atoms with Gasteiger partial charge in [0, 0.05) is 13.2 Å². The number of hydrogen-bond acceptors (Lipinski definition) is 5. The first kappa shape index (κ1) is 14.7. The van der Waals surface area contributed by atoms with Crippen LogP contribution in [0, 0.1) is 17.1 Å². The molecule has 1 heterocycles. The number of aromatic nitrogens is 1. The third kappa shape index (κ3) is 2.64. The fourth-order valence-corrected chi connectivity index (χ4v) is 2.97. The molecule has 1 aromatic carbocycles. The number of sulfonamides is 1. The van der Waals surface area contributed by atoms with Gasteiger partial charge in [0.2, 0.25) is 0 Å². The molecule has 0 radical (unpaired) electrons. The minimum atomic E-state index is -3.96. The summed E-state index contributed by atoms with van der Waals surface area (Å²) < 4.78 is 39.2. The number of benzene rings is 1. The van der Waals surface area contributed by atoms with Gasteiger partial charge in [-0.2, -0.15) is 5.26 Å². The second kappa shape index (κ2) is 5.38. The van der Waals surface area contributed by atoms with Crippen LogP contribution in [0.3, 0.4) is 0 Å². The highest BCUT2D eigenvalue weighted by Crippen LogP contribution is 2.27. The smallest absolute Gasteiger partial charge is 0.264 e. The first-order valence-electron chi connectivity index (χ1n) is 5.76. The maximum Gasteiger partial charge on any atom is 0.264 e. The predicted octanol–water partition coefficient (Wildman–Crippen LogP) is 1.50. The van der Waals surface area contributed by atoms with Crippen LogP contribution in [0.15, 0.2) is 41.6 Å². The molecule has 1 aromatic heterocycles. The lowest BCUT2D eigenvalue weighted by atomic mass is 10.2. The molecule has 6 nitrogen and oxygen atoms in total. The van der Waals surface area contributed by atoms with Crippen molar-refractivity contribution in [2.45, 2.75) is 4.90 Å². The topological polar surface area (TPSA) is 100 Å². The Labute approximate surface area is 121 Å². The average molecular weight is 306 g/mol. The zero-order chi connectivity index (χ0) is 15.6. The Hall–Kier alpha value is -2.66. The van der Waals surface area contributed by atoms with Crippen molar-refractivity contribution in [2.75, 3.05) is 17.1 Å². The predicted molar refractivity (Wildman–Crippen MR) is 75.4 cm³/mol. The molecule has 2 aromatic rings. The Morgan fingerprint density at radius 2 is 2.10 bits per heavy atom. The Morgan fingerprint density at radius 1 is 1.38 bits per heavy atom. The summed E-state index contributed by atoms with van der Waals surface area (Å²) in [4.78, 5) is 3.59. The SMILES string of the molecule is CN(c1ccncc1N)S(=O)(=O)c1ccc(F)c(C#N)c1. The third-order valence-corrected chi connectivity index (χ3v) is 4.65. The van der Waals surface area contributed by atoms with Gasteiger partial charge in [0.05, 0.1) is 28.0 Å². The second-order valence-corrected chi connectivity index (χ2v) is 6.13. The summed E-state index contributed by atoms with van der Waals surface area (Å²) in [5.74, 6) is -0.775. The highest BCUT2D eigenvalue weighted by Gasteiger charge is 2.23. The average Bonchev–Trinajstić information content (AvgIpc) is 2.47. The first-order chi connectivity index (χ1) is 9.87. The molecule has 2 rings (SSSR count). The Bertz CT molecular complexity index is 830. The summed E-state index contributed by atoms with van der Waals surface area (Å²) in [6.45, 7) is 0. The highest BCUT2D eigenvalue weighted by molar-refractivity contribution is 7.92. The van der Waals surface area contributed by atoms with Crippen molar-refractivity contribution in [3.63, 3.8) is 0 Å². The van der Waals surface area contributed by atoms with E-state index in [1.165, 1.54) is 25.5 Å². The minimum absolute atomic E-state index is 0.186. The second-order valence-electron chi connectivity index (χ2n) is 4.16. The van der Waals surface area contributed by atoms with E-state index in [9.17, 15) is 12.8 Å². The molecule has 0 fully saturated rings. The van der Waals surface area contributed by atoms with Crippen molar-refractivity contribution < 1.29 is 12.8 Å². The number of nitrogens with two attached hydrogens (primary N) is 1. The van der Waals surface area contributed by atoms with Crippen molar-refractivity contribution in [3.8, 4) is 6.07 Å². The van der Waals surface area contributed by atoms with Crippen molar-refractivity contribution in [1.29, 1.82) is 5.26 Å². The standard InChI is InChI=1S/C13H11FN4O2S/c1-18(13-4-5-17-8-12(13)16)21(19,20)10-2-3-11(14)9(6-10)7-15/h2-6,8H,16H2,1H3. The summed E-state index contributed by atoms with van der Waals surface area (Å²) in [6, 6.07) is 6.07. The van der Waals surface area contributed by atoms with Gasteiger partial charge in [0.1, 0.15) is 11.9 Å². The monoisotopic (exact) mass is 306 g/mol. The zero-order valence-electron chi connectivity index (χ0n) is 11.0. The molecule has 8 heteroatoms. The first-order valence-corrected chi connectivity index (χ1v) is 7.20. The van der Waals surface area contributed by atoms with Gasteiger partial charge < -0.3 is 5.73 Å². The van der Waals surface area contributed by atoms with Crippen molar-refractivity contribution >= 4 is 21.4 Å². The largest absolute Gasteiger partial charge is 0.396 e. The fourth-order valence-electron chi connectivity index (χ4n) is 1.72. The molecule has 0 saturated heterocycles. The quantitative estimate of drug-likeness (QED) is 0.926. The van der Waals surface area contributed by atoms with Gasteiger partial charge in [-0.05, 0) is 24.3 Å². The van der Waals surface area contributed by atoms with Crippen molar-refractivity contribution in [2.24, 2.45) is 0 Å². The van der Waals surface area contributed by atoms with E-state index in [0.29, 0.717) is 0 Å². The molecule has 0 aliphatic carbocycles. The Kier molecular flexibility index (Phi) is 3.78. The number of rotatable bonds is 3. The third-order valence-electron chi connectivity index (χ3n) is 2.88. The molecule has 0 aliphatic heterocycles. The summed E-state index contributed by atoms with van der Waals surface area (Å²) >= 11 is 0. The molecule has 21 heavy (non-hydrogen) atoms. The van der Waals surface area contributed by atoms with E-state index < -0.39 is 15.8 Å². The number of nitriles is 1. The van der Waals surface area contributed by atoms with Crippen LogP contribution in [0.5, 0.6) is 0 Å². The van der Waals surface area contributed by atoms with Crippen LogP contribution in [0.4, 0.5) is 15.8 Å². The van der Waals surface area contributed by atoms with E-state index >= 15 is 0 Å². The number of nitrogens with zero attached hydrogens (tertiary/aromatic N) is 3. The molecule has 0 saturated carbocycles. The summed E-state index contributed by atoms with van der Waals surface area (Å²) in [6.07, 6.45) is 2.73. The van der Waals surface area contributed by atoms with Crippen LogP contribution >= 0.6 is 0 Å². The molecular weight excluding hydrogens is 295 g/mol. The molecule has 0 unspecified atom stereocenters. The lowest BCUT2D eigenvalue weighted by Gasteiger charge is -2.20. The number of pyridine rings is 1. The summed E-state index contributed by atoms with van der Waals surface area (Å²) in [5.41, 5.74) is 5.78. The van der Waals surface area contributed by atoms with Gasteiger partial charge in [-0.25, -0.2) is 12.8 Å². The maximum absolute atomic E-state index is 13.3. The van der Waals surface area contributed by atoms with Gasteiger partial charge in [-0.15, -0.1) is 0 Å². The summed E-state index contributed by atoms with van der Waals surface area (Å²) in [7, 11) is -2.64. The number of hydrogen-bond donors (Lipinski definition) is 1. The fraction of sp³-hybridized carbons (Fsp3) is 0.0769. The van der Waals surface area contributed by atoms with Crippen LogP contribution in [-0.4, -0.2) is 20.4 Å². The highest BCUT2D eigenvalue weighted by atomic mass is 32.2. The zero-order valence-corrected chi connectivity index (χ0v) is 11.8. The van der Waals surface area contributed by atoms with Crippen LogP contribution in [-0.2, 0) is 10.0 Å². The van der Waals surface area contributed by atoms with Crippen molar-refractivity contribution in [1.82, 2.24) is 4.98 Å². The number of anilines is 2. The number of nitrogen functional groups attached to an aromatic ring is 1. The van der Waals surface area contributed by atoms with E-state index in [1.54, 1.807) is 6.07 Å². The molecule has 0 atom stereocenters. The van der Waals surface area contributed by atoms with E-state index in [2.05, 4.69) is 4.98 Å². The minimum Gasteiger partial charge on any atom is -0.396 e. The van der Waals surface area contributed by atoms with Gasteiger partial charge in [0.15, 0.2) is 0 Å². The lowest BCUT2D eigenvalue weighted by Crippen LogP contribution is -2.27. The van der Waals surface area contributed by atoms with Gasteiger partial charge in [-0.3, -0.25) is 9.29 Å². The van der Waals surface area contributed by atoms with Crippen molar-refractivity contribution in [3.05, 3.63) is 48.0 Å². The van der Waals surface area contributed by atoms with E-state index in [1.807, 2.05) is 0 Å². The maximum atomic E-state index is 13.3. The van der Waals surface area contributed by atoms with Crippen LogP contribution < -0.4 is 10.0 Å². The van der Waals surface area contributed by atoms with E-state index in [0.717, 1.165) is 22.5 Å². The van der Waals surface area contributed by atoms with Crippen LogP contribution in [0.2, 0.25) is 0 Å². The molecule has 2 N–H and O–H groups in total. The van der Waals surface area contributed by atoms with E-state index in [4.69, 9.17) is 11.0 Å². The van der Waals surface area contributed by atoms with E-state index in [-0.39, 0.29) is 21.8 Å². The van der Waals surface area contributed by atoms with Crippen LogP contribution in [0.1, 0.15) is 5.56 Å². The lowest BCUT2D eigenvalue weighted by molar-refractivity contribution is 0.593. The molecule has 0 aliphatic rings. The Balaban J connectivity index is 2.53. The Morgan fingerprint density at radius 3 is 2.71 bits per heavy atom. The molecular formula is C13H11FN4O2S. The molecule has 0 bridgehead atoms. The van der Waals surface area contributed by atoms with Crippen LogP contribution in [0.25, 0.3) is 0 Å². The summed E-state index contributed by atoms with van der Waals surface area (Å²) in [5, 5.41) is 8.78. The van der Waals surface area contributed by atoms with Gasteiger partial charge >= 0.3 is 0 Å². The molecule has 0 spiro atoms.